The standard InChI is InChI=1S/C14H22N2S/c1-2-6-14(16-11-9-15-10-12-16)17-13-7-4-3-5-8-13/h3-5,7-8,14-15H,2,6,9-12H2,1H3. The highest BCUT2D eigenvalue weighted by molar-refractivity contribution is 7.99. The van der Waals surface area contributed by atoms with Crippen LogP contribution < -0.4 is 5.32 Å². The van der Waals surface area contributed by atoms with Gasteiger partial charge in [-0.05, 0) is 18.6 Å². The lowest BCUT2D eigenvalue weighted by Crippen LogP contribution is -2.47. The summed E-state index contributed by atoms with van der Waals surface area (Å²) in [5.74, 6) is 0. The van der Waals surface area contributed by atoms with Gasteiger partial charge in [0.1, 0.15) is 0 Å². The van der Waals surface area contributed by atoms with Gasteiger partial charge in [-0.2, -0.15) is 0 Å². The van der Waals surface area contributed by atoms with Gasteiger partial charge >= 0.3 is 0 Å². The highest BCUT2D eigenvalue weighted by Crippen LogP contribution is 2.28. The first-order valence-electron chi connectivity index (χ1n) is 6.56. The molecule has 1 N–H and O–H groups in total. The van der Waals surface area contributed by atoms with E-state index in [1.54, 1.807) is 0 Å². The third-order valence-corrected chi connectivity index (χ3v) is 4.46. The monoisotopic (exact) mass is 250 g/mol. The number of thioether (sulfide) groups is 1. The van der Waals surface area contributed by atoms with Gasteiger partial charge in [0.25, 0.3) is 0 Å². The van der Waals surface area contributed by atoms with Crippen LogP contribution >= 0.6 is 11.8 Å². The van der Waals surface area contributed by atoms with Gasteiger partial charge in [0.15, 0.2) is 0 Å². The molecular formula is C14H22N2S. The molecule has 0 aromatic heterocycles. The van der Waals surface area contributed by atoms with Crippen molar-refractivity contribution >= 4 is 11.8 Å². The molecular weight excluding hydrogens is 228 g/mol. The molecule has 2 nitrogen and oxygen atoms in total. The second kappa shape index (κ2) is 7.04. The lowest BCUT2D eigenvalue weighted by atomic mass is 10.3. The van der Waals surface area contributed by atoms with Crippen LogP contribution in [0.15, 0.2) is 35.2 Å². The summed E-state index contributed by atoms with van der Waals surface area (Å²) in [5.41, 5.74) is 0. The van der Waals surface area contributed by atoms with E-state index in [9.17, 15) is 0 Å². The van der Waals surface area contributed by atoms with Crippen molar-refractivity contribution in [1.82, 2.24) is 10.2 Å². The predicted molar refractivity (Wildman–Crippen MR) is 75.4 cm³/mol. The van der Waals surface area contributed by atoms with Crippen molar-refractivity contribution in [2.75, 3.05) is 26.2 Å². The molecule has 1 aromatic rings. The highest BCUT2D eigenvalue weighted by Gasteiger charge is 2.20. The molecule has 1 fully saturated rings. The van der Waals surface area contributed by atoms with Crippen LogP contribution in [-0.4, -0.2) is 36.5 Å². The first kappa shape index (κ1) is 12.9. The van der Waals surface area contributed by atoms with Gasteiger partial charge in [0.2, 0.25) is 0 Å². The Balaban J connectivity index is 1.96. The quantitative estimate of drug-likeness (QED) is 0.809. The summed E-state index contributed by atoms with van der Waals surface area (Å²) < 4.78 is 0. The van der Waals surface area contributed by atoms with E-state index in [0.29, 0.717) is 5.37 Å². The van der Waals surface area contributed by atoms with Crippen LogP contribution in [0.25, 0.3) is 0 Å². The molecule has 17 heavy (non-hydrogen) atoms. The molecule has 0 bridgehead atoms. The van der Waals surface area contributed by atoms with E-state index in [1.807, 2.05) is 11.8 Å². The molecule has 0 amide bonds. The second-order valence-corrected chi connectivity index (χ2v) is 5.71. The van der Waals surface area contributed by atoms with Crippen molar-refractivity contribution in [3.05, 3.63) is 30.3 Å². The summed E-state index contributed by atoms with van der Waals surface area (Å²) in [6, 6.07) is 10.8. The molecule has 0 saturated carbocycles. The highest BCUT2D eigenvalue weighted by atomic mass is 32.2. The maximum atomic E-state index is 3.42. The van der Waals surface area contributed by atoms with Crippen LogP contribution in [0, 0.1) is 0 Å². The molecule has 1 aliphatic rings. The summed E-state index contributed by atoms with van der Waals surface area (Å²) in [5, 5.41) is 4.07. The van der Waals surface area contributed by atoms with Crippen molar-refractivity contribution in [1.29, 1.82) is 0 Å². The van der Waals surface area contributed by atoms with Crippen molar-refractivity contribution in [3.8, 4) is 0 Å². The van der Waals surface area contributed by atoms with E-state index in [4.69, 9.17) is 0 Å². The van der Waals surface area contributed by atoms with Gasteiger partial charge in [-0.1, -0.05) is 31.5 Å². The Hall–Kier alpha value is -0.510. The molecule has 2 rings (SSSR count). The fourth-order valence-corrected chi connectivity index (χ4v) is 3.53. The van der Waals surface area contributed by atoms with E-state index in [2.05, 4.69) is 47.5 Å². The predicted octanol–water partition coefficient (Wildman–Crippen LogP) is 2.81. The van der Waals surface area contributed by atoms with Crippen LogP contribution in [0.3, 0.4) is 0 Å². The number of nitrogens with one attached hydrogen (secondary N) is 1. The smallest absolute Gasteiger partial charge is 0.0605 e. The van der Waals surface area contributed by atoms with Crippen molar-refractivity contribution in [2.24, 2.45) is 0 Å². The summed E-state index contributed by atoms with van der Waals surface area (Å²) in [6.45, 7) is 6.92. The van der Waals surface area contributed by atoms with Crippen LogP contribution in [0.2, 0.25) is 0 Å². The molecule has 0 radical (unpaired) electrons. The van der Waals surface area contributed by atoms with Crippen molar-refractivity contribution < 1.29 is 0 Å². The first-order valence-corrected chi connectivity index (χ1v) is 7.44. The third-order valence-electron chi connectivity index (χ3n) is 3.11. The Labute approximate surface area is 109 Å². The third kappa shape index (κ3) is 4.02. The van der Waals surface area contributed by atoms with Crippen LogP contribution in [0.5, 0.6) is 0 Å². The molecule has 1 atom stereocenters. The van der Waals surface area contributed by atoms with Crippen molar-refractivity contribution in [2.45, 2.75) is 30.0 Å². The number of nitrogens with zero attached hydrogens (tertiary/aromatic N) is 1. The molecule has 3 heteroatoms. The Bertz CT molecular complexity index is 309. The fraction of sp³-hybridized carbons (Fsp3) is 0.571. The number of benzene rings is 1. The lowest BCUT2D eigenvalue weighted by molar-refractivity contribution is 0.218. The molecule has 0 aliphatic carbocycles. The van der Waals surface area contributed by atoms with Gasteiger partial charge in [-0.15, -0.1) is 11.8 Å². The lowest BCUT2D eigenvalue weighted by Gasteiger charge is -2.34. The number of hydrogen-bond donors (Lipinski definition) is 1. The summed E-state index contributed by atoms with van der Waals surface area (Å²) in [4.78, 5) is 4.02. The Morgan fingerprint density at radius 1 is 1.24 bits per heavy atom. The average molecular weight is 250 g/mol. The topological polar surface area (TPSA) is 15.3 Å². The summed E-state index contributed by atoms with van der Waals surface area (Å²) in [6.07, 6.45) is 2.54. The van der Waals surface area contributed by atoms with E-state index >= 15 is 0 Å². The minimum atomic E-state index is 0.643. The normalized spacial score (nSPS) is 19.1. The van der Waals surface area contributed by atoms with Gasteiger partial charge in [-0.3, -0.25) is 4.90 Å². The van der Waals surface area contributed by atoms with Gasteiger partial charge in [-0.25, -0.2) is 0 Å². The molecule has 1 saturated heterocycles. The maximum absolute atomic E-state index is 3.42. The number of piperazine rings is 1. The van der Waals surface area contributed by atoms with E-state index < -0.39 is 0 Å². The molecule has 1 unspecified atom stereocenters. The van der Waals surface area contributed by atoms with E-state index in [1.165, 1.54) is 30.8 Å². The Morgan fingerprint density at radius 3 is 2.59 bits per heavy atom. The maximum Gasteiger partial charge on any atom is 0.0605 e. The van der Waals surface area contributed by atoms with Crippen LogP contribution in [-0.2, 0) is 0 Å². The van der Waals surface area contributed by atoms with Crippen LogP contribution in [0.1, 0.15) is 19.8 Å². The van der Waals surface area contributed by atoms with Gasteiger partial charge < -0.3 is 5.32 Å². The summed E-state index contributed by atoms with van der Waals surface area (Å²) in [7, 11) is 0. The zero-order valence-corrected chi connectivity index (χ0v) is 11.4. The second-order valence-electron chi connectivity index (χ2n) is 4.46. The SMILES string of the molecule is CCCC(Sc1ccccc1)N1CCNCC1. The van der Waals surface area contributed by atoms with E-state index in [-0.39, 0.29) is 0 Å². The average Bonchev–Trinajstić information content (AvgIpc) is 2.40. The minimum absolute atomic E-state index is 0.643. The fourth-order valence-electron chi connectivity index (χ4n) is 2.19. The number of rotatable bonds is 5. The van der Waals surface area contributed by atoms with Gasteiger partial charge in [0.05, 0.1) is 5.37 Å². The molecule has 1 aliphatic heterocycles. The zero-order chi connectivity index (χ0) is 11.9. The van der Waals surface area contributed by atoms with E-state index in [0.717, 1.165) is 13.1 Å². The Kier molecular flexibility index (Phi) is 5.36. The summed E-state index contributed by atoms with van der Waals surface area (Å²) >= 11 is 2.02. The molecule has 94 valence electrons. The molecule has 0 spiro atoms. The number of hydrogen-bond acceptors (Lipinski definition) is 3. The Morgan fingerprint density at radius 2 is 1.94 bits per heavy atom. The minimum Gasteiger partial charge on any atom is -0.314 e. The van der Waals surface area contributed by atoms with Crippen LogP contribution in [0.4, 0.5) is 0 Å². The molecule has 1 aromatic carbocycles. The van der Waals surface area contributed by atoms with Gasteiger partial charge in [0, 0.05) is 31.1 Å². The first-order chi connectivity index (χ1) is 8.40. The zero-order valence-electron chi connectivity index (χ0n) is 10.6. The largest absolute Gasteiger partial charge is 0.314 e. The molecule has 1 heterocycles. The van der Waals surface area contributed by atoms with Crippen molar-refractivity contribution in [3.63, 3.8) is 0 Å².